The predicted molar refractivity (Wildman–Crippen MR) is 96.0 cm³/mol. The van der Waals surface area contributed by atoms with Crippen LogP contribution in [-0.2, 0) is 4.79 Å². The van der Waals surface area contributed by atoms with Gasteiger partial charge in [-0.25, -0.2) is 4.79 Å². The average molecular weight is 354 g/mol. The molecule has 144 valence electrons. The van der Waals surface area contributed by atoms with E-state index >= 15 is 0 Å². The molecule has 2 unspecified atom stereocenters. The highest BCUT2D eigenvalue weighted by atomic mass is 16.3. The first-order valence-corrected chi connectivity index (χ1v) is 10.0. The zero-order valence-electron chi connectivity index (χ0n) is 15.3. The fraction of sp³-hybridized carbons (Fsp3) is 0.895. The summed E-state index contributed by atoms with van der Waals surface area (Å²) in [5.41, 5.74) is 0. The lowest BCUT2D eigenvalue weighted by Gasteiger charge is -2.29. The first-order chi connectivity index (χ1) is 12.1. The number of imide groups is 1. The number of nitrogens with one attached hydrogen (secondary N) is 1. The number of carbonyl (C=O) groups is 2. The minimum Gasteiger partial charge on any atom is -0.396 e. The van der Waals surface area contributed by atoms with Crippen molar-refractivity contribution in [3.05, 3.63) is 0 Å². The van der Waals surface area contributed by atoms with Crippen molar-refractivity contribution in [2.45, 2.75) is 89.2 Å². The topological polar surface area (TPSA) is 89.9 Å². The standard InChI is InChI=1S/C19H34N2O4/c22-14-8-3-1-2-7-11-16-18(24)20-19(25)21(16)13-12-17(23)15-9-5-4-6-10-15/h15-17,22-23H,1-14H2,(H,20,24,25). The summed E-state index contributed by atoms with van der Waals surface area (Å²) in [7, 11) is 0. The molecule has 1 saturated heterocycles. The molecule has 0 aromatic heterocycles. The number of hydrogen-bond acceptors (Lipinski definition) is 4. The van der Waals surface area contributed by atoms with Crippen LogP contribution in [0.2, 0.25) is 0 Å². The van der Waals surface area contributed by atoms with Gasteiger partial charge >= 0.3 is 6.03 Å². The highest BCUT2D eigenvalue weighted by Gasteiger charge is 2.38. The maximum Gasteiger partial charge on any atom is 0.324 e. The predicted octanol–water partition coefficient (Wildman–Crippen LogP) is 2.57. The lowest BCUT2D eigenvalue weighted by molar-refractivity contribution is -0.121. The molecule has 0 aromatic carbocycles. The van der Waals surface area contributed by atoms with Crippen LogP contribution >= 0.6 is 0 Å². The summed E-state index contributed by atoms with van der Waals surface area (Å²) in [5, 5.41) is 21.6. The number of unbranched alkanes of at least 4 members (excludes halogenated alkanes) is 4. The number of hydrogen-bond donors (Lipinski definition) is 3. The Morgan fingerprint density at radius 2 is 1.72 bits per heavy atom. The number of aliphatic hydroxyl groups is 2. The van der Waals surface area contributed by atoms with E-state index in [4.69, 9.17) is 5.11 Å². The normalized spacial score (nSPS) is 23.1. The number of urea groups is 1. The zero-order chi connectivity index (χ0) is 18.1. The fourth-order valence-corrected chi connectivity index (χ4v) is 4.09. The number of rotatable bonds is 11. The smallest absolute Gasteiger partial charge is 0.324 e. The molecule has 3 N–H and O–H groups in total. The molecule has 6 heteroatoms. The van der Waals surface area contributed by atoms with Gasteiger partial charge in [-0.2, -0.15) is 0 Å². The van der Waals surface area contributed by atoms with Gasteiger partial charge in [0.1, 0.15) is 6.04 Å². The number of amides is 3. The molecule has 2 rings (SSSR count). The highest BCUT2D eigenvalue weighted by Crippen LogP contribution is 2.28. The third-order valence-electron chi connectivity index (χ3n) is 5.67. The number of carbonyl (C=O) groups excluding carboxylic acids is 2. The first-order valence-electron chi connectivity index (χ1n) is 10.0. The van der Waals surface area contributed by atoms with E-state index in [-0.39, 0.29) is 30.7 Å². The molecule has 1 aliphatic heterocycles. The molecule has 0 bridgehead atoms. The van der Waals surface area contributed by atoms with Gasteiger partial charge in [0.2, 0.25) is 0 Å². The van der Waals surface area contributed by atoms with Crippen molar-refractivity contribution < 1.29 is 19.8 Å². The highest BCUT2D eigenvalue weighted by molar-refractivity contribution is 6.04. The monoisotopic (exact) mass is 354 g/mol. The molecular weight excluding hydrogens is 320 g/mol. The van der Waals surface area contributed by atoms with Crippen LogP contribution in [0.15, 0.2) is 0 Å². The number of aliphatic hydroxyl groups excluding tert-OH is 2. The summed E-state index contributed by atoms with van der Waals surface area (Å²) < 4.78 is 0. The zero-order valence-corrected chi connectivity index (χ0v) is 15.3. The molecule has 0 aromatic rings. The van der Waals surface area contributed by atoms with Gasteiger partial charge in [0.25, 0.3) is 5.91 Å². The molecule has 3 amide bonds. The van der Waals surface area contributed by atoms with Crippen LogP contribution in [0.1, 0.15) is 77.0 Å². The molecule has 25 heavy (non-hydrogen) atoms. The molecule has 0 radical (unpaired) electrons. The van der Waals surface area contributed by atoms with Crippen LogP contribution in [0, 0.1) is 5.92 Å². The van der Waals surface area contributed by atoms with E-state index in [1.54, 1.807) is 4.90 Å². The van der Waals surface area contributed by atoms with E-state index < -0.39 is 0 Å². The molecule has 6 nitrogen and oxygen atoms in total. The summed E-state index contributed by atoms with van der Waals surface area (Å²) in [6, 6.07) is -0.699. The number of nitrogens with zero attached hydrogens (tertiary/aromatic N) is 1. The van der Waals surface area contributed by atoms with Gasteiger partial charge in [-0.15, -0.1) is 0 Å². The van der Waals surface area contributed by atoms with E-state index in [1.165, 1.54) is 19.3 Å². The summed E-state index contributed by atoms with van der Waals surface area (Å²) in [6.07, 6.45) is 11.4. The third-order valence-corrected chi connectivity index (χ3v) is 5.67. The molecular formula is C19H34N2O4. The minimum atomic E-state index is -0.385. The van der Waals surface area contributed by atoms with E-state index in [0.29, 0.717) is 25.3 Å². The van der Waals surface area contributed by atoms with E-state index in [1.807, 2.05) is 0 Å². The second kappa shape index (κ2) is 10.8. The van der Waals surface area contributed by atoms with Crippen LogP contribution in [0.5, 0.6) is 0 Å². The van der Waals surface area contributed by atoms with Crippen molar-refractivity contribution in [3.8, 4) is 0 Å². The van der Waals surface area contributed by atoms with Crippen molar-refractivity contribution in [2.24, 2.45) is 5.92 Å². The van der Waals surface area contributed by atoms with Crippen molar-refractivity contribution >= 4 is 11.9 Å². The Kier molecular flexibility index (Phi) is 8.68. The summed E-state index contributed by atoms with van der Waals surface area (Å²) >= 11 is 0. The Labute approximate surface area is 151 Å². The second-order valence-corrected chi connectivity index (χ2v) is 7.54. The van der Waals surface area contributed by atoms with Gasteiger partial charge in [0.15, 0.2) is 0 Å². The fourth-order valence-electron chi connectivity index (χ4n) is 4.09. The molecule has 2 atom stereocenters. The van der Waals surface area contributed by atoms with E-state index in [9.17, 15) is 14.7 Å². The lowest BCUT2D eigenvalue weighted by Crippen LogP contribution is -2.38. The van der Waals surface area contributed by atoms with Gasteiger partial charge in [0, 0.05) is 13.2 Å². The van der Waals surface area contributed by atoms with Crippen molar-refractivity contribution in [2.75, 3.05) is 13.2 Å². The Bertz CT molecular complexity index is 424. The molecule has 2 aliphatic rings. The van der Waals surface area contributed by atoms with E-state index in [2.05, 4.69) is 5.32 Å². The first kappa shape index (κ1) is 20.2. The van der Waals surface area contributed by atoms with Crippen LogP contribution < -0.4 is 5.32 Å². The maximum atomic E-state index is 12.0. The molecule has 0 spiro atoms. The van der Waals surface area contributed by atoms with E-state index in [0.717, 1.165) is 44.9 Å². The minimum absolute atomic E-state index is 0.201. The quantitative estimate of drug-likeness (QED) is 0.393. The van der Waals surface area contributed by atoms with Crippen LogP contribution in [-0.4, -0.2) is 52.3 Å². The van der Waals surface area contributed by atoms with Crippen LogP contribution in [0.3, 0.4) is 0 Å². The largest absolute Gasteiger partial charge is 0.396 e. The second-order valence-electron chi connectivity index (χ2n) is 7.54. The van der Waals surface area contributed by atoms with Crippen molar-refractivity contribution in [1.29, 1.82) is 0 Å². The lowest BCUT2D eigenvalue weighted by atomic mass is 9.84. The molecule has 1 saturated carbocycles. The van der Waals surface area contributed by atoms with Gasteiger partial charge in [-0.1, -0.05) is 44.9 Å². The van der Waals surface area contributed by atoms with Gasteiger partial charge in [0.05, 0.1) is 6.10 Å². The Morgan fingerprint density at radius 1 is 1.04 bits per heavy atom. The maximum absolute atomic E-state index is 12.0. The molecule has 1 heterocycles. The Morgan fingerprint density at radius 3 is 2.44 bits per heavy atom. The summed E-state index contributed by atoms with van der Waals surface area (Å²) in [6.45, 7) is 0.682. The van der Waals surface area contributed by atoms with Gasteiger partial charge < -0.3 is 15.1 Å². The SMILES string of the molecule is O=C1NC(=O)N(CCC(O)C2CCCCC2)C1CCCCCCCO. The third kappa shape index (κ3) is 6.26. The van der Waals surface area contributed by atoms with Crippen LogP contribution in [0.4, 0.5) is 4.79 Å². The summed E-state index contributed by atoms with van der Waals surface area (Å²) in [5.74, 6) is 0.146. The molecule has 2 fully saturated rings. The van der Waals surface area contributed by atoms with Gasteiger partial charge in [-0.05, 0) is 38.0 Å². The Hall–Kier alpha value is -1.14. The van der Waals surface area contributed by atoms with Crippen molar-refractivity contribution in [3.63, 3.8) is 0 Å². The van der Waals surface area contributed by atoms with Crippen LogP contribution in [0.25, 0.3) is 0 Å². The average Bonchev–Trinajstić information content (AvgIpc) is 2.89. The Balaban J connectivity index is 1.74. The molecule has 1 aliphatic carbocycles. The summed E-state index contributed by atoms with van der Waals surface area (Å²) in [4.78, 5) is 25.7. The van der Waals surface area contributed by atoms with Crippen molar-refractivity contribution in [1.82, 2.24) is 10.2 Å². The van der Waals surface area contributed by atoms with Gasteiger partial charge in [-0.3, -0.25) is 10.1 Å².